The third-order valence-electron chi connectivity index (χ3n) is 4.23. The van der Waals surface area contributed by atoms with E-state index in [0.29, 0.717) is 22.2 Å². The van der Waals surface area contributed by atoms with E-state index in [1.54, 1.807) is 18.2 Å². The molecule has 0 unspecified atom stereocenters. The zero-order chi connectivity index (χ0) is 19.3. The number of carbonyl (C=O) groups excluding carboxylic acids is 1. The standard InChI is InChI=1S/C19H20ClN7O/c20-16-11-14(27-19-23-9-10-24-19)5-6-15(16)17(28)25-12-1-3-13(4-2-12)26-18-21-7-8-22-18/h1-6,11H,7-10H2,(H,25,28)(H2,21,22,26)(H2,23,24,27). The first-order chi connectivity index (χ1) is 13.7. The smallest absolute Gasteiger partial charge is 0.257 e. The van der Waals surface area contributed by atoms with Gasteiger partial charge in [-0.3, -0.25) is 14.8 Å². The summed E-state index contributed by atoms with van der Waals surface area (Å²) in [5.74, 6) is 1.20. The van der Waals surface area contributed by atoms with Gasteiger partial charge in [0.2, 0.25) is 0 Å². The minimum Gasteiger partial charge on any atom is -0.354 e. The Kier molecular flexibility index (Phi) is 5.29. The fourth-order valence-electron chi connectivity index (χ4n) is 2.85. The zero-order valence-corrected chi connectivity index (χ0v) is 15.8. The highest BCUT2D eigenvalue weighted by molar-refractivity contribution is 6.34. The van der Waals surface area contributed by atoms with Gasteiger partial charge in [-0.15, -0.1) is 0 Å². The van der Waals surface area contributed by atoms with Gasteiger partial charge < -0.3 is 26.6 Å². The van der Waals surface area contributed by atoms with Crippen LogP contribution >= 0.6 is 11.6 Å². The minimum absolute atomic E-state index is 0.268. The van der Waals surface area contributed by atoms with Gasteiger partial charge in [-0.1, -0.05) is 11.6 Å². The molecule has 0 bridgehead atoms. The summed E-state index contributed by atoms with van der Waals surface area (Å²) >= 11 is 6.31. The summed E-state index contributed by atoms with van der Waals surface area (Å²) in [6.45, 7) is 3.18. The molecule has 0 atom stereocenters. The van der Waals surface area contributed by atoms with Crippen LogP contribution in [0.3, 0.4) is 0 Å². The molecule has 0 saturated heterocycles. The largest absolute Gasteiger partial charge is 0.354 e. The summed E-state index contributed by atoms with van der Waals surface area (Å²) in [5.41, 5.74) is 2.75. The van der Waals surface area contributed by atoms with Gasteiger partial charge in [0.15, 0.2) is 11.9 Å². The highest BCUT2D eigenvalue weighted by Crippen LogP contribution is 2.23. The number of aliphatic imine (C=N–C) groups is 2. The molecule has 144 valence electrons. The van der Waals surface area contributed by atoms with E-state index in [2.05, 4.69) is 36.6 Å². The van der Waals surface area contributed by atoms with Crippen molar-refractivity contribution < 1.29 is 4.79 Å². The minimum atomic E-state index is -0.268. The van der Waals surface area contributed by atoms with Gasteiger partial charge in [-0.05, 0) is 42.5 Å². The first-order valence-corrected chi connectivity index (χ1v) is 9.37. The van der Waals surface area contributed by atoms with Crippen LogP contribution in [0.15, 0.2) is 52.4 Å². The second-order valence-electron chi connectivity index (χ2n) is 6.29. The maximum atomic E-state index is 12.6. The van der Waals surface area contributed by atoms with E-state index in [-0.39, 0.29) is 5.91 Å². The number of anilines is 3. The molecule has 0 spiro atoms. The van der Waals surface area contributed by atoms with Crippen molar-refractivity contribution in [1.82, 2.24) is 10.6 Å². The van der Waals surface area contributed by atoms with Crippen LogP contribution in [0, 0.1) is 0 Å². The number of halogens is 1. The van der Waals surface area contributed by atoms with Gasteiger partial charge in [-0.2, -0.15) is 0 Å². The van der Waals surface area contributed by atoms with Crippen LogP contribution in [-0.4, -0.2) is 44.0 Å². The predicted octanol–water partition coefficient (Wildman–Crippen LogP) is 2.33. The van der Waals surface area contributed by atoms with Crippen molar-refractivity contribution in [3.63, 3.8) is 0 Å². The quantitative estimate of drug-likeness (QED) is 0.545. The Morgan fingerprint density at radius 3 is 2.00 bits per heavy atom. The number of guanidine groups is 2. The van der Waals surface area contributed by atoms with Crippen molar-refractivity contribution in [1.29, 1.82) is 0 Å². The number of hydrogen-bond donors (Lipinski definition) is 5. The zero-order valence-electron chi connectivity index (χ0n) is 15.1. The lowest BCUT2D eigenvalue weighted by molar-refractivity contribution is 0.102. The Bertz CT molecular complexity index is 940. The molecule has 0 aromatic heterocycles. The van der Waals surface area contributed by atoms with Gasteiger partial charge in [0.05, 0.1) is 23.7 Å². The fraction of sp³-hybridized carbons (Fsp3) is 0.211. The number of benzene rings is 2. The third kappa shape index (κ3) is 4.34. The average molecular weight is 398 g/mol. The van der Waals surface area contributed by atoms with Crippen molar-refractivity contribution in [2.45, 2.75) is 0 Å². The third-order valence-corrected chi connectivity index (χ3v) is 4.54. The lowest BCUT2D eigenvalue weighted by atomic mass is 10.2. The molecule has 2 aliphatic rings. The van der Waals surface area contributed by atoms with Crippen molar-refractivity contribution in [2.24, 2.45) is 9.98 Å². The maximum absolute atomic E-state index is 12.6. The van der Waals surface area contributed by atoms with Crippen LogP contribution in [0.2, 0.25) is 5.02 Å². The van der Waals surface area contributed by atoms with Gasteiger partial charge in [0, 0.05) is 30.2 Å². The number of hydrogen-bond acceptors (Lipinski definition) is 7. The average Bonchev–Trinajstić information content (AvgIpc) is 3.37. The molecule has 2 heterocycles. The lowest BCUT2D eigenvalue weighted by Gasteiger charge is -2.11. The highest BCUT2D eigenvalue weighted by Gasteiger charge is 2.13. The first-order valence-electron chi connectivity index (χ1n) is 8.99. The fourth-order valence-corrected chi connectivity index (χ4v) is 3.12. The second-order valence-corrected chi connectivity index (χ2v) is 6.70. The number of nitrogens with one attached hydrogen (secondary N) is 5. The molecule has 0 radical (unpaired) electrons. The molecule has 2 aliphatic heterocycles. The molecular weight excluding hydrogens is 378 g/mol. The van der Waals surface area contributed by atoms with Gasteiger partial charge >= 0.3 is 0 Å². The monoisotopic (exact) mass is 397 g/mol. The molecule has 2 aromatic rings. The van der Waals surface area contributed by atoms with E-state index in [1.807, 2.05) is 24.3 Å². The first kappa shape index (κ1) is 18.1. The molecule has 9 heteroatoms. The molecule has 2 aromatic carbocycles. The SMILES string of the molecule is O=C(Nc1ccc(NC2=NCCN2)cc1)c1ccc(NC2=NCCN2)cc1Cl. The summed E-state index contributed by atoms with van der Waals surface area (Å²) in [6.07, 6.45) is 0. The molecule has 0 fully saturated rings. The van der Waals surface area contributed by atoms with E-state index >= 15 is 0 Å². The number of amides is 1. The number of rotatable bonds is 4. The summed E-state index contributed by atoms with van der Waals surface area (Å²) in [4.78, 5) is 21.1. The van der Waals surface area contributed by atoms with E-state index < -0.39 is 0 Å². The van der Waals surface area contributed by atoms with E-state index in [1.165, 1.54) is 0 Å². The Hall–Kier alpha value is -3.26. The molecular formula is C19H20ClN7O. The predicted molar refractivity (Wildman–Crippen MR) is 114 cm³/mol. The number of nitrogens with zero attached hydrogens (tertiary/aromatic N) is 2. The molecule has 1 amide bonds. The van der Waals surface area contributed by atoms with Gasteiger partial charge in [0.1, 0.15) is 0 Å². The van der Waals surface area contributed by atoms with Crippen LogP contribution in [0.5, 0.6) is 0 Å². The maximum Gasteiger partial charge on any atom is 0.257 e. The topological polar surface area (TPSA) is 102 Å². The molecule has 5 N–H and O–H groups in total. The van der Waals surface area contributed by atoms with E-state index in [4.69, 9.17) is 11.6 Å². The Balaban J connectivity index is 1.38. The van der Waals surface area contributed by atoms with Crippen molar-refractivity contribution in [2.75, 3.05) is 42.1 Å². The van der Waals surface area contributed by atoms with Crippen molar-refractivity contribution in [3.8, 4) is 0 Å². The molecule has 8 nitrogen and oxygen atoms in total. The normalized spacial score (nSPS) is 15.2. The van der Waals surface area contributed by atoms with Gasteiger partial charge in [-0.25, -0.2) is 0 Å². The second kappa shape index (κ2) is 8.18. The van der Waals surface area contributed by atoms with Crippen LogP contribution in [0.4, 0.5) is 17.1 Å². The van der Waals surface area contributed by atoms with Crippen LogP contribution in [0.25, 0.3) is 0 Å². The van der Waals surface area contributed by atoms with Crippen LogP contribution in [0.1, 0.15) is 10.4 Å². The summed E-state index contributed by atoms with van der Waals surface area (Å²) < 4.78 is 0. The van der Waals surface area contributed by atoms with E-state index in [0.717, 1.165) is 43.5 Å². The molecule has 0 saturated carbocycles. The van der Waals surface area contributed by atoms with Crippen molar-refractivity contribution in [3.05, 3.63) is 53.1 Å². The molecule has 28 heavy (non-hydrogen) atoms. The Labute approximate surface area is 167 Å². The van der Waals surface area contributed by atoms with Gasteiger partial charge in [0.25, 0.3) is 5.91 Å². The number of carbonyl (C=O) groups is 1. The van der Waals surface area contributed by atoms with Crippen LogP contribution in [-0.2, 0) is 0 Å². The van der Waals surface area contributed by atoms with E-state index in [9.17, 15) is 4.79 Å². The molecule has 4 rings (SSSR count). The Morgan fingerprint density at radius 2 is 1.43 bits per heavy atom. The van der Waals surface area contributed by atoms with Crippen molar-refractivity contribution >= 4 is 46.5 Å². The summed E-state index contributed by atoms with van der Waals surface area (Å²) in [7, 11) is 0. The summed E-state index contributed by atoms with van der Waals surface area (Å²) in [6, 6.07) is 12.6. The lowest BCUT2D eigenvalue weighted by Crippen LogP contribution is -2.26. The molecule has 0 aliphatic carbocycles. The Morgan fingerprint density at radius 1 is 0.857 bits per heavy atom. The highest BCUT2D eigenvalue weighted by atomic mass is 35.5. The summed E-state index contributed by atoms with van der Waals surface area (Å²) in [5, 5.41) is 15.8. The van der Waals surface area contributed by atoms with Crippen LogP contribution < -0.4 is 26.6 Å².